The van der Waals surface area contributed by atoms with Gasteiger partial charge in [0.05, 0.1) is 5.56 Å². The number of carbonyl (C=O) groups excluding carboxylic acids is 1. The fourth-order valence-corrected chi connectivity index (χ4v) is 6.31. The Kier molecular flexibility index (Phi) is 5.43. The molecule has 3 aromatic rings. The van der Waals surface area contributed by atoms with Crippen molar-refractivity contribution >= 4 is 27.4 Å². The maximum atomic E-state index is 13.6. The van der Waals surface area contributed by atoms with E-state index in [0.717, 1.165) is 49.0 Å². The largest absolute Gasteiger partial charge is 0.467 e. The monoisotopic (exact) mass is 469 g/mol. The van der Waals surface area contributed by atoms with Gasteiger partial charge in [-0.2, -0.15) is 8.42 Å². The van der Waals surface area contributed by atoms with Crippen LogP contribution in [0.5, 0.6) is 11.5 Å². The van der Waals surface area contributed by atoms with Gasteiger partial charge >= 0.3 is 10.1 Å². The van der Waals surface area contributed by atoms with E-state index in [9.17, 15) is 13.2 Å². The summed E-state index contributed by atoms with van der Waals surface area (Å²) in [4.78, 5) is 15.4. The van der Waals surface area contributed by atoms with Crippen LogP contribution >= 0.6 is 11.3 Å². The van der Waals surface area contributed by atoms with E-state index in [-0.39, 0.29) is 15.9 Å². The third kappa shape index (κ3) is 3.89. The highest BCUT2D eigenvalue weighted by atomic mass is 32.3. The molecule has 32 heavy (non-hydrogen) atoms. The molecule has 6 nitrogen and oxygen atoms in total. The molecule has 2 aromatic carbocycles. The van der Waals surface area contributed by atoms with E-state index in [1.54, 1.807) is 17.5 Å². The Hall–Kier alpha value is -2.84. The van der Waals surface area contributed by atoms with E-state index >= 15 is 0 Å². The Labute approximate surface area is 191 Å². The molecule has 0 radical (unpaired) electrons. The lowest BCUT2D eigenvalue weighted by atomic mass is 9.87. The minimum atomic E-state index is -3.93. The molecule has 1 aromatic heterocycles. The van der Waals surface area contributed by atoms with Gasteiger partial charge in [0, 0.05) is 25.5 Å². The molecule has 1 saturated carbocycles. The van der Waals surface area contributed by atoms with Crippen molar-refractivity contribution in [2.45, 2.75) is 48.6 Å². The van der Waals surface area contributed by atoms with E-state index in [0.29, 0.717) is 17.9 Å². The second-order valence-corrected chi connectivity index (χ2v) is 10.8. The van der Waals surface area contributed by atoms with Gasteiger partial charge in [0.15, 0.2) is 9.93 Å². The molecule has 0 bridgehead atoms. The van der Waals surface area contributed by atoms with Gasteiger partial charge in [-0.05, 0) is 42.0 Å². The number of ether oxygens (including phenoxy) is 1. The molecule has 5 rings (SSSR count). The first kappa shape index (κ1) is 21.0. The van der Waals surface area contributed by atoms with Gasteiger partial charge in [-0.1, -0.05) is 42.8 Å². The number of hydrogen-bond donors (Lipinski definition) is 0. The van der Waals surface area contributed by atoms with Crippen LogP contribution in [-0.2, 0) is 16.7 Å². The maximum Gasteiger partial charge on any atom is 0.348 e. The van der Waals surface area contributed by atoms with Crippen LogP contribution in [0.2, 0.25) is 0 Å². The maximum absolute atomic E-state index is 13.6. The predicted octanol–water partition coefficient (Wildman–Crippen LogP) is 5.21. The van der Waals surface area contributed by atoms with Crippen molar-refractivity contribution in [3.05, 3.63) is 77.2 Å². The lowest BCUT2D eigenvalue weighted by Gasteiger charge is -2.49. The van der Waals surface area contributed by atoms with Crippen molar-refractivity contribution in [2.75, 3.05) is 0 Å². The van der Waals surface area contributed by atoms with Crippen LogP contribution in [0, 0.1) is 0 Å². The molecule has 0 N–H and O–H groups in total. The SMILES string of the molecule is O=C1c2ccc(OS(=O)(=O)c3cccs3)cc2OC2(CCCCC2)N1Cc1ccccc1. The Morgan fingerprint density at radius 2 is 1.78 bits per heavy atom. The van der Waals surface area contributed by atoms with Gasteiger partial charge in [0.25, 0.3) is 5.91 Å². The Bertz CT molecular complexity index is 1220. The highest BCUT2D eigenvalue weighted by Crippen LogP contribution is 2.44. The number of benzene rings is 2. The molecule has 1 spiro atoms. The second kappa shape index (κ2) is 8.26. The summed E-state index contributed by atoms with van der Waals surface area (Å²) < 4.78 is 37.0. The molecule has 8 heteroatoms. The molecule has 1 amide bonds. The van der Waals surface area contributed by atoms with Gasteiger partial charge < -0.3 is 8.92 Å². The molecule has 2 heterocycles. The molecule has 1 aliphatic heterocycles. The number of nitrogens with zero attached hydrogens (tertiary/aromatic N) is 1. The van der Waals surface area contributed by atoms with Crippen LogP contribution in [0.4, 0.5) is 0 Å². The third-order valence-corrected chi connectivity index (χ3v) is 8.59. The molecular formula is C24H23NO5S2. The average molecular weight is 470 g/mol. The summed E-state index contributed by atoms with van der Waals surface area (Å²) in [6, 6.07) is 17.7. The fraction of sp³-hybridized carbons (Fsp3) is 0.292. The van der Waals surface area contributed by atoms with Gasteiger partial charge in [-0.3, -0.25) is 9.69 Å². The zero-order valence-corrected chi connectivity index (χ0v) is 19.0. The van der Waals surface area contributed by atoms with Crippen molar-refractivity contribution in [3.8, 4) is 11.5 Å². The first-order valence-corrected chi connectivity index (χ1v) is 12.9. The molecule has 0 unspecified atom stereocenters. The quantitative estimate of drug-likeness (QED) is 0.480. The molecular weight excluding hydrogens is 446 g/mol. The lowest BCUT2D eigenvalue weighted by Crippen LogP contribution is -2.59. The van der Waals surface area contributed by atoms with Crippen molar-refractivity contribution in [2.24, 2.45) is 0 Å². The normalized spacial score (nSPS) is 17.6. The predicted molar refractivity (Wildman–Crippen MR) is 121 cm³/mol. The van der Waals surface area contributed by atoms with Crippen LogP contribution in [0.25, 0.3) is 0 Å². The van der Waals surface area contributed by atoms with Crippen molar-refractivity contribution in [1.82, 2.24) is 4.90 Å². The molecule has 166 valence electrons. The van der Waals surface area contributed by atoms with Crippen LogP contribution < -0.4 is 8.92 Å². The minimum absolute atomic E-state index is 0.107. The fourth-order valence-electron chi connectivity index (χ4n) is 4.44. The number of fused-ring (bicyclic) bond motifs is 1. The number of hydrogen-bond acceptors (Lipinski definition) is 6. The second-order valence-electron chi connectivity index (χ2n) is 8.11. The van der Waals surface area contributed by atoms with E-state index < -0.39 is 15.8 Å². The molecule has 1 aliphatic carbocycles. The van der Waals surface area contributed by atoms with Crippen LogP contribution in [-0.4, -0.2) is 24.9 Å². The van der Waals surface area contributed by atoms with Crippen molar-refractivity contribution in [3.63, 3.8) is 0 Å². The van der Waals surface area contributed by atoms with Gasteiger partial charge in [-0.25, -0.2) is 0 Å². The van der Waals surface area contributed by atoms with Gasteiger partial charge in [0.2, 0.25) is 0 Å². The van der Waals surface area contributed by atoms with Crippen molar-refractivity contribution < 1.29 is 22.1 Å². The van der Waals surface area contributed by atoms with Crippen molar-refractivity contribution in [1.29, 1.82) is 0 Å². The average Bonchev–Trinajstić information content (AvgIpc) is 3.34. The Morgan fingerprint density at radius 3 is 2.50 bits per heavy atom. The summed E-state index contributed by atoms with van der Waals surface area (Å²) in [6.07, 6.45) is 4.52. The minimum Gasteiger partial charge on any atom is -0.467 e. The smallest absolute Gasteiger partial charge is 0.348 e. The highest BCUT2D eigenvalue weighted by Gasteiger charge is 2.47. The number of carbonyl (C=O) groups is 1. The third-order valence-electron chi connectivity index (χ3n) is 5.99. The molecule has 0 saturated heterocycles. The van der Waals surface area contributed by atoms with E-state index in [1.807, 2.05) is 35.2 Å². The van der Waals surface area contributed by atoms with Crippen LogP contribution in [0.15, 0.2) is 70.3 Å². The summed E-state index contributed by atoms with van der Waals surface area (Å²) in [6.45, 7) is 0.462. The number of amides is 1. The standard InChI is InChI=1S/C24H23NO5S2/c26-23-20-12-11-19(30-32(27,28)22-10-7-15-31-22)16-21(20)29-24(13-5-2-6-14-24)25(23)17-18-8-3-1-4-9-18/h1,3-4,7-12,15-16H,2,5-6,13-14,17H2. The number of thiophene rings is 1. The van der Waals surface area contributed by atoms with Gasteiger partial charge in [0.1, 0.15) is 11.5 Å². The van der Waals surface area contributed by atoms with Gasteiger partial charge in [-0.15, -0.1) is 11.3 Å². The highest BCUT2D eigenvalue weighted by molar-refractivity contribution is 7.89. The zero-order chi connectivity index (χ0) is 22.2. The topological polar surface area (TPSA) is 72.9 Å². The molecule has 0 atom stereocenters. The summed E-state index contributed by atoms with van der Waals surface area (Å²) in [5.41, 5.74) is 0.724. The summed E-state index contributed by atoms with van der Waals surface area (Å²) in [7, 11) is -3.93. The van der Waals surface area contributed by atoms with Crippen LogP contribution in [0.3, 0.4) is 0 Å². The Morgan fingerprint density at radius 1 is 1.00 bits per heavy atom. The van der Waals surface area contributed by atoms with E-state index in [4.69, 9.17) is 8.92 Å². The first-order valence-electron chi connectivity index (χ1n) is 10.6. The summed E-state index contributed by atoms with van der Waals surface area (Å²) >= 11 is 1.09. The molecule has 2 aliphatic rings. The number of rotatable bonds is 5. The first-order chi connectivity index (χ1) is 15.5. The van der Waals surface area contributed by atoms with E-state index in [2.05, 4.69) is 0 Å². The Balaban J connectivity index is 1.49. The molecule has 1 fully saturated rings. The lowest BCUT2D eigenvalue weighted by molar-refractivity contribution is -0.103. The summed E-state index contributed by atoms with van der Waals surface area (Å²) in [5, 5.41) is 1.68. The van der Waals surface area contributed by atoms with Crippen LogP contribution in [0.1, 0.15) is 48.0 Å². The van der Waals surface area contributed by atoms with E-state index in [1.165, 1.54) is 18.2 Å². The zero-order valence-electron chi connectivity index (χ0n) is 17.4. The summed E-state index contributed by atoms with van der Waals surface area (Å²) in [5.74, 6) is 0.400.